The van der Waals surface area contributed by atoms with E-state index in [9.17, 15) is 0 Å². The van der Waals surface area contributed by atoms with Crippen molar-refractivity contribution < 1.29 is 4.42 Å². The molecule has 90 valence electrons. The van der Waals surface area contributed by atoms with Crippen molar-refractivity contribution in [3.63, 3.8) is 0 Å². The quantitative estimate of drug-likeness (QED) is 0.616. The molecule has 0 aliphatic heterocycles. The van der Waals surface area contributed by atoms with Gasteiger partial charge in [0.05, 0.1) is 11.9 Å². The van der Waals surface area contributed by atoms with Crippen molar-refractivity contribution in [2.24, 2.45) is 16.1 Å². The molecule has 16 heavy (non-hydrogen) atoms. The Balaban J connectivity index is 2.96. The Morgan fingerprint density at radius 1 is 1.38 bits per heavy atom. The minimum atomic E-state index is -0.0824. The lowest BCUT2D eigenvalue weighted by Crippen LogP contribution is -2.29. The van der Waals surface area contributed by atoms with E-state index < -0.39 is 0 Å². The van der Waals surface area contributed by atoms with E-state index in [2.05, 4.69) is 25.8 Å². The van der Waals surface area contributed by atoms with Gasteiger partial charge in [-0.25, -0.2) is 0 Å². The summed E-state index contributed by atoms with van der Waals surface area (Å²) in [6.45, 7) is 12.1. The Morgan fingerprint density at radius 3 is 2.31 bits per heavy atom. The second-order valence-corrected chi connectivity index (χ2v) is 5.31. The van der Waals surface area contributed by atoms with E-state index in [0.717, 1.165) is 17.1 Å². The summed E-state index contributed by atoms with van der Waals surface area (Å²) in [5, 5.41) is 0. The van der Waals surface area contributed by atoms with E-state index in [0.29, 0.717) is 5.84 Å². The number of aliphatic imine (C=N–C) groups is 1. The van der Waals surface area contributed by atoms with Crippen LogP contribution in [0.15, 0.2) is 15.5 Å². The number of aryl methyl sites for hydroxylation is 2. The van der Waals surface area contributed by atoms with E-state index in [1.54, 1.807) is 0 Å². The zero-order valence-electron chi connectivity index (χ0n) is 11.1. The van der Waals surface area contributed by atoms with E-state index in [1.807, 2.05) is 26.8 Å². The predicted octanol–water partition coefficient (Wildman–Crippen LogP) is 3.36. The highest BCUT2D eigenvalue weighted by molar-refractivity contribution is 5.85. The van der Waals surface area contributed by atoms with Crippen LogP contribution < -0.4 is 5.73 Å². The van der Waals surface area contributed by atoms with Crippen LogP contribution in [0.4, 0.5) is 0 Å². The molecular weight excluding hydrogens is 200 g/mol. The lowest BCUT2D eigenvalue weighted by molar-refractivity contribution is 0.498. The van der Waals surface area contributed by atoms with Crippen molar-refractivity contribution in [2.45, 2.75) is 47.6 Å². The second-order valence-electron chi connectivity index (χ2n) is 5.31. The number of amidine groups is 1. The van der Waals surface area contributed by atoms with Gasteiger partial charge in [0, 0.05) is 11.0 Å². The summed E-state index contributed by atoms with van der Waals surface area (Å²) in [6.07, 6.45) is 0. The van der Waals surface area contributed by atoms with Crippen LogP contribution in [-0.2, 0) is 0 Å². The first-order chi connectivity index (χ1) is 7.21. The van der Waals surface area contributed by atoms with Gasteiger partial charge in [-0.3, -0.25) is 4.99 Å². The van der Waals surface area contributed by atoms with Gasteiger partial charge in [0.15, 0.2) is 0 Å². The summed E-state index contributed by atoms with van der Waals surface area (Å²) < 4.78 is 5.49. The number of nitrogens with zero attached hydrogens (tertiary/aromatic N) is 1. The SMILES string of the molecule is Cc1cc(C(C)N=C(N)C(C)(C)C)c(C)o1. The third kappa shape index (κ3) is 2.87. The summed E-state index contributed by atoms with van der Waals surface area (Å²) in [7, 11) is 0. The molecule has 3 heteroatoms. The highest BCUT2D eigenvalue weighted by Gasteiger charge is 2.18. The topological polar surface area (TPSA) is 51.5 Å². The molecule has 2 N–H and O–H groups in total. The molecule has 1 rings (SSSR count). The molecule has 0 fully saturated rings. The Bertz CT molecular complexity index is 397. The molecule has 0 aromatic carbocycles. The molecule has 1 unspecified atom stereocenters. The Labute approximate surface area is 97.7 Å². The van der Waals surface area contributed by atoms with E-state index in [4.69, 9.17) is 10.2 Å². The molecule has 0 spiro atoms. The third-order valence-corrected chi connectivity index (χ3v) is 2.63. The molecule has 0 aliphatic carbocycles. The third-order valence-electron chi connectivity index (χ3n) is 2.63. The van der Waals surface area contributed by atoms with Crippen LogP contribution in [0, 0.1) is 19.3 Å². The van der Waals surface area contributed by atoms with Gasteiger partial charge in [-0.1, -0.05) is 20.8 Å². The van der Waals surface area contributed by atoms with Crippen molar-refractivity contribution in [1.82, 2.24) is 0 Å². The highest BCUT2D eigenvalue weighted by atomic mass is 16.3. The first kappa shape index (κ1) is 12.8. The van der Waals surface area contributed by atoms with Crippen molar-refractivity contribution in [3.05, 3.63) is 23.2 Å². The molecule has 1 atom stereocenters. The standard InChI is InChI=1S/C13H22N2O/c1-8-7-11(10(3)16-8)9(2)15-12(14)13(4,5)6/h7,9H,1-6H3,(H2,14,15). The zero-order chi connectivity index (χ0) is 12.5. The highest BCUT2D eigenvalue weighted by Crippen LogP contribution is 2.25. The fourth-order valence-electron chi connectivity index (χ4n) is 1.54. The number of furan rings is 1. The van der Waals surface area contributed by atoms with Gasteiger partial charge in [0.25, 0.3) is 0 Å². The van der Waals surface area contributed by atoms with Crippen LogP contribution in [0.1, 0.15) is 50.8 Å². The molecule has 0 saturated heterocycles. The van der Waals surface area contributed by atoms with Gasteiger partial charge in [0.2, 0.25) is 0 Å². The van der Waals surface area contributed by atoms with Gasteiger partial charge in [-0.2, -0.15) is 0 Å². The first-order valence-electron chi connectivity index (χ1n) is 5.62. The number of hydrogen-bond donors (Lipinski definition) is 1. The van der Waals surface area contributed by atoms with Crippen LogP contribution in [-0.4, -0.2) is 5.84 Å². The monoisotopic (exact) mass is 222 g/mol. The maximum Gasteiger partial charge on any atom is 0.106 e. The summed E-state index contributed by atoms with van der Waals surface area (Å²) >= 11 is 0. The van der Waals surface area contributed by atoms with Gasteiger partial charge in [-0.15, -0.1) is 0 Å². The van der Waals surface area contributed by atoms with Gasteiger partial charge >= 0.3 is 0 Å². The van der Waals surface area contributed by atoms with Crippen molar-refractivity contribution >= 4 is 5.84 Å². The fraction of sp³-hybridized carbons (Fsp3) is 0.615. The molecular formula is C13H22N2O. The number of nitrogens with two attached hydrogens (primary N) is 1. The van der Waals surface area contributed by atoms with E-state index in [-0.39, 0.29) is 11.5 Å². The first-order valence-corrected chi connectivity index (χ1v) is 5.62. The van der Waals surface area contributed by atoms with Gasteiger partial charge < -0.3 is 10.2 Å². The maximum absolute atomic E-state index is 5.97. The summed E-state index contributed by atoms with van der Waals surface area (Å²) in [6, 6.07) is 2.08. The summed E-state index contributed by atoms with van der Waals surface area (Å²) in [5.41, 5.74) is 7.00. The largest absolute Gasteiger partial charge is 0.466 e. The number of rotatable bonds is 2. The van der Waals surface area contributed by atoms with Crippen LogP contribution in [0.2, 0.25) is 0 Å². The lowest BCUT2D eigenvalue weighted by atomic mass is 9.95. The molecule has 1 aromatic heterocycles. The fourth-order valence-corrected chi connectivity index (χ4v) is 1.54. The Kier molecular flexibility index (Phi) is 3.46. The lowest BCUT2D eigenvalue weighted by Gasteiger charge is -2.19. The smallest absolute Gasteiger partial charge is 0.106 e. The minimum absolute atomic E-state index is 0.0525. The summed E-state index contributed by atoms with van der Waals surface area (Å²) in [4.78, 5) is 4.53. The molecule has 0 bridgehead atoms. The maximum atomic E-state index is 5.97. The van der Waals surface area contributed by atoms with Crippen LogP contribution in [0.3, 0.4) is 0 Å². The average Bonchev–Trinajstić information content (AvgIpc) is 2.43. The Hall–Kier alpha value is -1.25. The van der Waals surface area contributed by atoms with Crippen LogP contribution >= 0.6 is 0 Å². The normalized spacial score (nSPS) is 15.2. The van der Waals surface area contributed by atoms with E-state index in [1.165, 1.54) is 0 Å². The van der Waals surface area contributed by atoms with E-state index >= 15 is 0 Å². The van der Waals surface area contributed by atoms with Gasteiger partial charge in [0.1, 0.15) is 11.5 Å². The summed E-state index contributed by atoms with van der Waals surface area (Å²) in [5.74, 6) is 2.53. The molecule has 0 saturated carbocycles. The molecule has 1 heterocycles. The van der Waals surface area contributed by atoms with Crippen molar-refractivity contribution in [2.75, 3.05) is 0 Å². The van der Waals surface area contributed by atoms with Crippen molar-refractivity contribution in [3.8, 4) is 0 Å². The zero-order valence-corrected chi connectivity index (χ0v) is 11.1. The predicted molar refractivity (Wildman–Crippen MR) is 67.7 cm³/mol. The molecule has 0 amide bonds. The van der Waals surface area contributed by atoms with Crippen LogP contribution in [0.5, 0.6) is 0 Å². The van der Waals surface area contributed by atoms with Crippen molar-refractivity contribution in [1.29, 1.82) is 0 Å². The Morgan fingerprint density at radius 2 is 1.94 bits per heavy atom. The van der Waals surface area contributed by atoms with Gasteiger partial charge in [-0.05, 0) is 26.8 Å². The molecule has 0 radical (unpaired) electrons. The molecule has 0 aliphatic rings. The minimum Gasteiger partial charge on any atom is -0.466 e. The molecule has 1 aromatic rings. The number of hydrogen-bond acceptors (Lipinski definition) is 2. The second kappa shape index (κ2) is 4.32. The van der Waals surface area contributed by atoms with Crippen LogP contribution in [0.25, 0.3) is 0 Å². The molecule has 3 nitrogen and oxygen atoms in total. The average molecular weight is 222 g/mol.